The van der Waals surface area contributed by atoms with E-state index in [0.717, 1.165) is 10.0 Å². The highest BCUT2D eigenvalue weighted by molar-refractivity contribution is 9.10. The zero-order chi connectivity index (χ0) is 14.9. The minimum Gasteiger partial charge on any atom is -0.481 e. The van der Waals surface area contributed by atoms with E-state index in [2.05, 4.69) is 20.9 Å². The number of halogens is 1. The number of carboxylic acid groups (broad SMARTS) is 1. The summed E-state index contributed by atoms with van der Waals surface area (Å²) in [6.07, 6.45) is 4.07. The summed E-state index contributed by atoms with van der Waals surface area (Å²) in [6.45, 7) is 0. The van der Waals surface area contributed by atoms with Gasteiger partial charge in [0.2, 0.25) is 0 Å². The largest absolute Gasteiger partial charge is 0.481 e. The number of rotatable bonds is 5. The third-order valence-corrected chi connectivity index (χ3v) is 4.29. The van der Waals surface area contributed by atoms with Gasteiger partial charge in [0.05, 0.1) is 0 Å². The Bertz CT molecular complexity index is 708. The molecule has 108 valence electrons. The molecule has 2 heterocycles. The maximum Gasteiger partial charge on any atom is 0.376 e. The Morgan fingerprint density at radius 3 is 2.70 bits per heavy atom. The van der Waals surface area contributed by atoms with Crippen molar-refractivity contribution < 1.29 is 24.3 Å². The molecule has 0 atom stereocenters. The van der Waals surface area contributed by atoms with Gasteiger partial charge in [-0.15, -0.1) is 0 Å². The van der Waals surface area contributed by atoms with Gasteiger partial charge in [-0.3, -0.25) is 9.36 Å². The van der Waals surface area contributed by atoms with E-state index in [0.29, 0.717) is 18.5 Å². The van der Waals surface area contributed by atoms with E-state index < -0.39 is 13.6 Å². The quantitative estimate of drug-likeness (QED) is 0.691. The molecule has 2 aromatic rings. The van der Waals surface area contributed by atoms with Crippen molar-refractivity contribution in [3.63, 3.8) is 0 Å². The van der Waals surface area contributed by atoms with Crippen LogP contribution < -0.4 is 5.44 Å². The number of aromatic nitrogens is 2. The lowest BCUT2D eigenvalue weighted by Gasteiger charge is -2.04. The second kappa shape index (κ2) is 5.65. The van der Waals surface area contributed by atoms with Crippen molar-refractivity contribution in [3.8, 4) is 0 Å². The molecule has 0 unspecified atom stereocenters. The SMILES string of the molecule is O=C(O)CCCc1cn2cc(P(=O)(O)O)nc2cc1Br. The summed E-state index contributed by atoms with van der Waals surface area (Å²) in [5.41, 5.74) is 0.984. The van der Waals surface area contributed by atoms with Crippen molar-refractivity contribution in [2.75, 3.05) is 0 Å². The van der Waals surface area contributed by atoms with Crippen LogP contribution in [-0.2, 0) is 15.8 Å². The van der Waals surface area contributed by atoms with Crippen LogP contribution in [0.3, 0.4) is 0 Å². The molecule has 0 aliphatic heterocycles. The van der Waals surface area contributed by atoms with Crippen LogP contribution in [0, 0.1) is 0 Å². The fourth-order valence-corrected chi connectivity index (χ4v) is 2.81. The van der Waals surface area contributed by atoms with Gasteiger partial charge in [0.25, 0.3) is 0 Å². The lowest BCUT2D eigenvalue weighted by atomic mass is 10.1. The first-order valence-corrected chi connectivity index (χ1v) is 8.13. The van der Waals surface area contributed by atoms with Gasteiger partial charge in [0.1, 0.15) is 5.65 Å². The summed E-state index contributed by atoms with van der Waals surface area (Å²) < 4.78 is 13.4. The molecule has 2 aromatic heterocycles. The van der Waals surface area contributed by atoms with Crippen molar-refractivity contribution in [3.05, 3.63) is 28.5 Å². The molecule has 0 amide bonds. The Morgan fingerprint density at radius 2 is 2.10 bits per heavy atom. The van der Waals surface area contributed by atoms with E-state index in [4.69, 9.17) is 14.9 Å². The number of hydrogen-bond acceptors (Lipinski definition) is 3. The van der Waals surface area contributed by atoms with Gasteiger partial charge < -0.3 is 19.3 Å². The maximum atomic E-state index is 11.2. The number of imidazole rings is 1. The third-order valence-electron chi connectivity index (χ3n) is 2.74. The summed E-state index contributed by atoms with van der Waals surface area (Å²) in [5.74, 6) is -0.853. The van der Waals surface area contributed by atoms with Crippen molar-refractivity contribution >= 4 is 40.6 Å². The summed E-state index contributed by atoms with van der Waals surface area (Å²) in [4.78, 5) is 32.5. The molecule has 3 N–H and O–H groups in total. The first kappa shape index (κ1) is 15.2. The van der Waals surface area contributed by atoms with E-state index in [1.54, 1.807) is 12.3 Å². The number of aliphatic carboxylic acids is 1. The van der Waals surface area contributed by atoms with Crippen LogP contribution in [0.5, 0.6) is 0 Å². The standard InChI is InChI=1S/C11H12BrN2O5P/c12-8-4-9-13-10(20(17,18)19)6-14(9)5-7(8)2-1-3-11(15)16/h4-6H,1-3H2,(H,15,16)(H2,17,18,19). The predicted octanol–water partition coefficient (Wildman–Crippen LogP) is 1.31. The van der Waals surface area contributed by atoms with Crippen LogP contribution in [0.25, 0.3) is 5.65 Å². The molecule has 0 saturated heterocycles. The minimum atomic E-state index is -4.38. The Morgan fingerprint density at radius 1 is 1.40 bits per heavy atom. The number of aryl methyl sites for hydroxylation is 1. The summed E-state index contributed by atoms with van der Waals surface area (Å²) >= 11 is 3.35. The summed E-state index contributed by atoms with van der Waals surface area (Å²) in [7, 11) is -4.38. The van der Waals surface area contributed by atoms with E-state index in [-0.39, 0.29) is 11.9 Å². The fraction of sp³-hybridized carbons (Fsp3) is 0.273. The second-order valence-corrected chi connectivity index (χ2v) is 6.70. The highest BCUT2D eigenvalue weighted by Crippen LogP contribution is 2.32. The molecule has 9 heteroatoms. The molecule has 7 nitrogen and oxygen atoms in total. The molecule has 0 radical (unpaired) electrons. The van der Waals surface area contributed by atoms with Gasteiger partial charge in [0, 0.05) is 23.3 Å². The minimum absolute atomic E-state index is 0.0716. The maximum absolute atomic E-state index is 11.2. The van der Waals surface area contributed by atoms with E-state index in [1.807, 2.05) is 0 Å². The number of pyridine rings is 1. The molecule has 2 rings (SSSR count). The van der Waals surface area contributed by atoms with E-state index in [9.17, 15) is 9.36 Å². The molecular weight excluding hydrogens is 351 g/mol. The van der Waals surface area contributed by atoms with Gasteiger partial charge >= 0.3 is 13.6 Å². The van der Waals surface area contributed by atoms with Crippen LogP contribution in [0.2, 0.25) is 0 Å². The molecule has 0 aromatic carbocycles. The number of fused-ring (bicyclic) bond motifs is 1. The molecule has 0 bridgehead atoms. The second-order valence-electron chi connectivity index (χ2n) is 4.30. The molecule has 0 fully saturated rings. The Balaban J connectivity index is 2.31. The zero-order valence-electron chi connectivity index (χ0n) is 10.2. The normalized spacial score (nSPS) is 11.9. The molecule has 20 heavy (non-hydrogen) atoms. The molecule has 0 aliphatic rings. The van der Waals surface area contributed by atoms with Gasteiger partial charge in [0.15, 0.2) is 5.44 Å². The van der Waals surface area contributed by atoms with Crippen LogP contribution >= 0.6 is 23.5 Å². The highest BCUT2D eigenvalue weighted by atomic mass is 79.9. The van der Waals surface area contributed by atoms with Crippen LogP contribution in [0.1, 0.15) is 18.4 Å². The number of carbonyl (C=O) groups is 1. The zero-order valence-corrected chi connectivity index (χ0v) is 12.7. The lowest BCUT2D eigenvalue weighted by Crippen LogP contribution is -2.03. The Labute approximate surface area is 122 Å². The molecular formula is C11H12BrN2O5P. The number of carboxylic acids is 1. The topological polar surface area (TPSA) is 112 Å². The average Bonchev–Trinajstić information content (AvgIpc) is 2.71. The number of hydrogen-bond donors (Lipinski definition) is 3. The highest BCUT2D eigenvalue weighted by Gasteiger charge is 2.21. The van der Waals surface area contributed by atoms with E-state index in [1.165, 1.54) is 10.6 Å². The monoisotopic (exact) mass is 362 g/mol. The van der Waals surface area contributed by atoms with Gasteiger partial charge in [-0.1, -0.05) is 15.9 Å². The number of nitrogens with zero attached hydrogens (tertiary/aromatic N) is 2. The fourth-order valence-electron chi connectivity index (χ4n) is 1.79. The lowest BCUT2D eigenvalue weighted by molar-refractivity contribution is -0.137. The average molecular weight is 363 g/mol. The summed E-state index contributed by atoms with van der Waals surface area (Å²) in [6, 6.07) is 1.65. The van der Waals surface area contributed by atoms with Crippen molar-refractivity contribution in [2.45, 2.75) is 19.3 Å². The predicted molar refractivity (Wildman–Crippen MR) is 75.1 cm³/mol. The Hall–Kier alpha value is -1.21. The first-order valence-electron chi connectivity index (χ1n) is 5.72. The molecule has 0 aliphatic carbocycles. The van der Waals surface area contributed by atoms with Crippen LogP contribution in [-0.4, -0.2) is 30.2 Å². The van der Waals surface area contributed by atoms with Gasteiger partial charge in [-0.05, 0) is 24.5 Å². The van der Waals surface area contributed by atoms with Crippen LogP contribution in [0.15, 0.2) is 22.9 Å². The van der Waals surface area contributed by atoms with Gasteiger partial charge in [-0.25, -0.2) is 4.98 Å². The first-order chi connectivity index (χ1) is 9.27. The Kier molecular flexibility index (Phi) is 4.29. The molecule has 0 spiro atoms. The van der Waals surface area contributed by atoms with Crippen LogP contribution in [0.4, 0.5) is 0 Å². The van der Waals surface area contributed by atoms with Crippen molar-refractivity contribution in [2.24, 2.45) is 0 Å². The molecule has 0 saturated carbocycles. The van der Waals surface area contributed by atoms with Gasteiger partial charge in [-0.2, -0.15) is 0 Å². The summed E-state index contributed by atoms with van der Waals surface area (Å²) in [5, 5.41) is 8.61. The smallest absolute Gasteiger partial charge is 0.376 e. The van der Waals surface area contributed by atoms with Crippen molar-refractivity contribution in [1.82, 2.24) is 9.38 Å². The third kappa shape index (κ3) is 3.46. The van der Waals surface area contributed by atoms with E-state index >= 15 is 0 Å². The van der Waals surface area contributed by atoms with Crippen molar-refractivity contribution in [1.29, 1.82) is 0 Å².